The number of rotatable bonds is 7. The number of benzene rings is 1. The number of furan rings is 1. The Bertz CT molecular complexity index is 875. The van der Waals surface area contributed by atoms with Crippen LogP contribution in [0.3, 0.4) is 0 Å². The van der Waals surface area contributed by atoms with Crippen LogP contribution in [0.2, 0.25) is 0 Å². The van der Waals surface area contributed by atoms with Gasteiger partial charge >= 0.3 is 5.69 Å². The van der Waals surface area contributed by atoms with E-state index in [-0.39, 0.29) is 18.0 Å². The molecule has 0 unspecified atom stereocenters. The van der Waals surface area contributed by atoms with Crippen LogP contribution in [-0.2, 0) is 24.4 Å². The van der Waals surface area contributed by atoms with Gasteiger partial charge < -0.3 is 9.73 Å². The first-order chi connectivity index (χ1) is 11.7. The summed E-state index contributed by atoms with van der Waals surface area (Å²) in [6.07, 6.45) is 2.71. The molecule has 0 aliphatic heterocycles. The van der Waals surface area contributed by atoms with Crippen LogP contribution in [0.5, 0.6) is 0 Å². The quantitative estimate of drug-likeness (QED) is 0.725. The topological polar surface area (TPSA) is 69.2 Å². The average molecular weight is 327 g/mol. The smallest absolute Gasteiger partial charge is 0.329 e. The number of hydrogen-bond donors (Lipinski definition) is 1. The first-order valence-corrected chi connectivity index (χ1v) is 8.18. The monoisotopic (exact) mass is 327 g/mol. The van der Waals surface area contributed by atoms with Crippen LogP contribution in [0.15, 0.2) is 51.9 Å². The second-order valence-corrected chi connectivity index (χ2v) is 5.68. The van der Waals surface area contributed by atoms with Gasteiger partial charge in [-0.15, -0.1) is 0 Å². The minimum Gasteiger partial charge on any atom is -0.467 e. The van der Waals surface area contributed by atoms with Gasteiger partial charge in [0, 0.05) is 19.5 Å². The number of nitrogens with zero attached hydrogens (tertiary/aromatic N) is 2. The second kappa shape index (κ2) is 7.21. The van der Waals surface area contributed by atoms with Gasteiger partial charge in [0.1, 0.15) is 5.76 Å². The van der Waals surface area contributed by atoms with Gasteiger partial charge in [0.15, 0.2) is 0 Å². The zero-order valence-corrected chi connectivity index (χ0v) is 13.7. The maximum absolute atomic E-state index is 12.6. The van der Waals surface area contributed by atoms with Crippen molar-refractivity contribution in [1.29, 1.82) is 0 Å². The molecule has 0 bridgehead atoms. The second-order valence-electron chi connectivity index (χ2n) is 5.68. The number of nitrogens with one attached hydrogen (secondary N) is 1. The van der Waals surface area contributed by atoms with E-state index in [1.54, 1.807) is 21.5 Å². The van der Waals surface area contributed by atoms with Crippen molar-refractivity contribution >= 4 is 16.9 Å². The molecular formula is C18H21N3O3. The molecule has 0 saturated carbocycles. The Balaban J connectivity index is 1.72. The highest BCUT2D eigenvalue weighted by Crippen LogP contribution is 2.13. The molecule has 3 rings (SSSR count). The van der Waals surface area contributed by atoms with Crippen LogP contribution in [0.1, 0.15) is 25.5 Å². The number of imidazole rings is 1. The van der Waals surface area contributed by atoms with Crippen molar-refractivity contribution in [3.05, 3.63) is 58.9 Å². The fourth-order valence-corrected chi connectivity index (χ4v) is 2.83. The highest BCUT2D eigenvalue weighted by atomic mass is 16.3. The Labute approximate surface area is 139 Å². The molecule has 0 aliphatic carbocycles. The molecule has 0 saturated heterocycles. The number of amides is 1. The first-order valence-electron chi connectivity index (χ1n) is 8.18. The summed E-state index contributed by atoms with van der Waals surface area (Å²) < 4.78 is 8.63. The van der Waals surface area contributed by atoms with E-state index in [4.69, 9.17) is 4.42 Å². The van der Waals surface area contributed by atoms with Crippen LogP contribution < -0.4 is 11.0 Å². The summed E-state index contributed by atoms with van der Waals surface area (Å²) >= 11 is 0. The molecule has 0 spiro atoms. The molecule has 0 fully saturated rings. The van der Waals surface area contributed by atoms with Gasteiger partial charge in [0.05, 0.1) is 23.8 Å². The van der Waals surface area contributed by atoms with E-state index in [9.17, 15) is 9.59 Å². The molecule has 2 heterocycles. The van der Waals surface area contributed by atoms with Gasteiger partial charge in [-0.2, -0.15) is 0 Å². The Hall–Kier alpha value is -2.76. The lowest BCUT2D eigenvalue weighted by molar-refractivity contribution is -0.121. The number of aryl methyl sites for hydroxylation is 2. The van der Waals surface area contributed by atoms with Crippen LogP contribution in [0, 0.1) is 0 Å². The SMILES string of the molecule is CCCn1c(=O)n(CCC(=O)NCc2ccco2)c2ccccc21. The van der Waals surface area contributed by atoms with Gasteiger partial charge in [-0.3, -0.25) is 13.9 Å². The molecule has 3 aromatic rings. The molecule has 1 aromatic carbocycles. The van der Waals surface area contributed by atoms with E-state index in [2.05, 4.69) is 5.32 Å². The molecule has 6 nitrogen and oxygen atoms in total. The van der Waals surface area contributed by atoms with E-state index in [1.807, 2.05) is 37.3 Å². The number of para-hydroxylation sites is 2. The van der Waals surface area contributed by atoms with Crippen LogP contribution >= 0.6 is 0 Å². The van der Waals surface area contributed by atoms with Crippen molar-refractivity contribution in [3.8, 4) is 0 Å². The lowest BCUT2D eigenvalue weighted by Crippen LogP contribution is -2.28. The molecule has 126 valence electrons. The van der Waals surface area contributed by atoms with Crippen molar-refractivity contribution in [1.82, 2.24) is 14.5 Å². The van der Waals surface area contributed by atoms with Crippen molar-refractivity contribution in [2.24, 2.45) is 0 Å². The highest BCUT2D eigenvalue weighted by molar-refractivity contribution is 5.77. The van der Waals surface area contributed by atoms with E-state index in [1.165, 1.54) is 0 Å². The molecular weight excluding hydrogens is 306 g/mol. The summed E-state index contributed by atoms with van der Waals surface area (Å²) in [5, 5.41) is 2.80. The van der Waals surface area contributed by atoms with Crippen molar-refractivity contribution < 1.29 is 9.21 Å². The van der Waals surface area contributed by atoms with E-state index >= 15 is 0 Å². The van der Waals surface area contributed by atoms with Crippen LogP contribution in [0.4, 0.5) is 0 Å². The predicted molar refractivity (Wildman–Crippen MR) is 91.7 cm³/mol. The molecule has 1 amide bonds. The van der Waals surface area contributed by atoms with Crippen molar-refractivity contribution in [2.45, 2.75) is 39.4 Å². The summed E-state index contributed by atoms with van der Waals surface area (Å²) in [6.45, 7) is 3.44. The Morgan fingerprint density at radius 2 is 1.79 bits per heavy atom. The fraction of sp³-hybridized carbons (Fsp3) is 0.333. The van der Waals surface area contributed by atoms with E-state index < -0.39 is 0 Å². The summed E-state index contributed by atoms with van der Waals surface area (Å²) in [5.74, 6) is 0.602. The third-order valence-corrected chi connectivity index (χ3v) is 3.97. The number of fused-ring (bicyclic) bond motifs is 1. The molecule has 24 heavy (non-hydrogen) atoms. The fourth-order valence-electron chi connectivity index (χ4n) is 2.83. The summed E-state index contributed by atoms with van der Waals surface area (Å²) in [5.41, 5.74) is 1.73. The lowest BCUT2D eigenvalue weighted by Gasteiger charge is -2.05. The average Bonchev–Trinajstić information content (AvgIpc) is 3.20. The van der Waals surface area contributed by atoms with Gasteiger partial charge in [-0.05, 0) is 30.7 Å². The van der Waals surface area contributed by atoms with Gasteiger partial charge in [0.2, 0.25) is 5.91 Å². The van der Waals surface area contributed by atoms with Gasteiger partial charge in [-0.1, -0.05) is 19.1 Å². The first kappa shape index (κ1) is 16.1. The zero-order chi connectivity index (χ0) is 16.9. The number of aromatic nitrogens is 2. The maximum Gasteiger partial charge on any atom is 0.329 e. The number of carbonyl (C=O) groups is 1. The minimum atomic E-state index is -0.106. The Kier molecular flexibility index (Phi) is 4.84. The molecule has 0 radical (unpaired) electrons. The zero-order valence-electron chi connectivity index (χ0n) is 13.7. The maximum atomic E-state index is 12.6. The largest absolute Gasteiger partial charge is 0.467 e. The van der Waals surface area contributed by atoms with E-state index in [0.717, 1.165) is 17.5 Å². The summed E-state index contributed by atoms with van der Waals surface area (Å²) in [7, 11) is 0. The lowest BCUT2D eigenvalue weighted by atomic mass is 10.3. The molecule has 6 heteroatoms. The molecule has 0 aliphatic rings. The summed E-state index contributed by atoms with van der Waals surface area (Å²) in [4.78, 5) is 24.6. The normalized spacial score (nSPS) is 11.0. The third-order valence-electron chi connectivity index (χ3n) is 3.97. The standard InChI is InChI=1S/C18H21N3O3/c1-2-10-20-15-7-3-4-8-16(15)21(18(20)23)11-9-17(22)19-13-14-6-5-12-24-14/h3-8,12H,2,9-11,13H2,1H3,(H,19,22). The van der Waals surface area contributed by atoms with Crippen LogP contribution in [0.25, 0.3) is 11.0 Å². The van der Waals surface area contributed by atoms with E-state index in [0.29, 0.717) is 25.4 Å². The van der Waals surface area contributed by atoms with Crippen molar-refractivity contribution in [3.63, 3.8) is 0 Å². The molecule has 1 N–H and O–H groups in total. The minimum absolute atomic E-state index is 0.0584. The highest BCUT2D eigenvalue weighted by Gasteiger charge is 2.13. The van der Waals surface area contributed by atoms with Crippen molar-refractivity contribution in [2.75, 3.05) is 0 Å². The van der Waals surface area contributed by atoms with Crippen LogP contribution in [-0.4, -0.2) is 15.0 Å². The number of hydrogen-bond acceptors (Lipinski definition) is 3. The summed E-state index contributed by atoms with van der Waals surface area (Å²) in [6, 6.07) is 11.3. The predicted octanol–water partition coefficient (Wildman–Crippen LogP) is 2.51. The molecule has 0 atom stereocenters. The van der Waals surface area contributed by atoms with Gasteiger partial charge in [-0.25, -0.2) is 4.79 Å². The third kappa shape index (κ3) is 3.27. The van der Waals surface area contributed by atoms with Gasteiger partial charge in [0.25, 0.3) is 0 Å². The number of carbonyl (C=O) groups excluding carboxylic acids is 1. The molecule has 2 aromatic heterocycles. The Morgan fingerprint density at radius 1 is 1.08 bits per heavy atom. The Morgan fingerprint density at radius 3 is 2.42 bits per heavy atom.